The summed E-state index contributed by atoms with van der Waals surface area (Å²) in [5.41, 5.74) is 2.36. The second-order valence-corrected chi connectivity index (χ2v) is 4.61. The molecule has 0 saturated carbocycles. The van der Waals surface area contributed by atoms with E-state index in [1.165, 1.54) is 5.56 Å². The summed E-state index contributed by atoms with van der Waals surface area (Å²) in [7, 11) is 0. The summed E-state index contributed by atoms with van der Waals surface area (Å²) in [5, 5.41) is 7.66. The predicted octanol–water partition coefficient (Wildman–Crippen LogP) is 2.77. The first kappa shape index (κ1) is 13.6. The van der Waals surface area contributed by atoms with Gasteiger partial charge in [0, 0.05) is 30.7 Å². The van der Waals surface area contributed by atoms with Crippen molar-refractivity contribution in [3.63, 3.8) is 0 Å². The Balaban J connectivity index is 1.95. The van der Waals surface area contributed by atoms with Crippen LogP contribution in [-0.2, 0) is 11.3 Å². The van der Waals surface area contributed by atoms with Gasteiger partial charge in [0.05, 0.1) is 13.2 Å². The molecular weight excluding hydrogens is 238 g/mol. The molecule has 0 spiro atoms. The van der Waals surface area contributed by atoms with Crippen molar-refractivity contribution in [1.82, 2.24) is 9.78 Å². The zero-order valence-electron chi connectivity index (χ0n) is 11.5. The molecule has 0 aliphatic rings. The first-order valence-electron chi connectivity index (χ1n) is 6.68. The molecule has 0 saturated heterocycles. The summed E-state index contributed by atoms with van der Waals surface area (Å²) in [5.74, 6) is 0. The predicted molar refractivity (Wildman–Crippen MR) is 77.3 cm³/mol. The van der Waals surface area contributed by atoms with Gasteiger partial charge in [-0.15, -0.1) is 0 Å². The lowest BCUT2D eigenvalue weighted by Gasteiger charge is -2.15. The van der Waals surface area contributed by atoms with Crippen molar-refractivity contribution in [3.8, 4) is 0 Å². The number of benzene rings is 1. The molecule has 1 aromatic carbocycles. The molecule has 1 N–H and O–H groups in total. The van der Waals surface area contributed by atoms with Crippen LogP contribution in [0.2, 0.25) is 0 Å². The lowest BCUT2D eigenvalue weighted by Crippen LogP contribution is -2.21. The van der Waals surface area contributed by atoms with Crippen molar-refractivity contribution in [2.24, 2.45) is 0 Å². The summed E-state index contributed by atoms with van der Waals surface area (Å²) in [4.78, 5) is 0. The summed E-state index contributed by atoms with van der Waals surface area (Å²) < 4.78 is 7.33. The van der Waals surface area contributed by atoms with Gasteiger partial charge < -0.3 is 10.1 Å². The molecule has 0 bridgehead atoms. The van der Waals surface area contributed by atoms with E-state index in [0.29, 0.717) is 6.04 Å². The second kappa shape index (κ2) is 6.95. The first-order chi connectivity index (χ1) is 9.28. The zero-order chi connectivity index (χ0) is 13.5. The summed E-state index contributed by atoms with van der Waals surface area (Å²) in [6, 6.07) is 10.7. The van der Waals surface area contributed by atoms with E-state index in [1.54, 1.807) is 6.20 Å². The third-order valence-corrected chi connectivity index (χ3v) is 2.82. The number of hydrogen-bond donors (Lipinski definition) is 1. The fourth-order valence-corrected chi connectivity index (χ4v) is 1.96. The molecule has 0 fully saturated rings. The SMILES string of the molecule is CCOCC(C)Nc1cccc(Cn2cccn2)c1. The Kier molecular flexibility index (Phi) is 4.98. The zero-order valence-corrected chi connectivity index (χ0v) is 11.5. The highest BCUT2D eigenvalue weighted by atomic mass is 16.5. The maximum atomic E-state index is 5.41. The molecule has 0 radical (unpaired) electrons. The van der Waals surface area contributed by atoms with Crippen LogP contribution < -0.4 is 5.32 Å². The van der Waals surface area contributed by atoms with E-state index in [2.05, 4.69) is 41.6 Å². The van der Waals surface area contributed by atoms with Crippen molar-refractivity contribution in [2.75, 3.05) is 18.5 Å². The Morgan fingerprint density at radius 2 is 2.26 bits per heavy atom. The Labute approximate surface area is 114 Å². The van der Waals surface area contributed by atoms with E-state index in [4.69, 9.17) is 4.74 Å². The van der Waals surface area contributed by atoms with E-state index in [0.717, 1.165) is 25.4 Å². The third-order valence-electron chi connectivity index (χ3n) is 2.82. The smallest absolute Gasteiger partial charge is 0.0664 e. The number of aromatic nitrogens is 2. The van der Waals surface area contributed by atoms with Gasteiger partial charge in [-0.25, -0.2) is 0 Å². The van der Waals surface area contributed by atoms with Crippen molar-refractivity contribution in [1.29, 1.82) is 0 Å². The molecule has 4 heteroatoms. The van der Waals surface area contributed by atoms with E-state index in [-0.39, 0.29) is 0 Å². The summed E-state index contributed by atoms with van der Waals surface area (Å²) in [6.45, 7) is 6.40. The molecule has 0 amide bonds. The second-order valence-electron chi connectivity index (χ2n) is 4.61. The van der Waals surface area contributed by atoms with E-state index < -0.39 is 0 Å². The van der Waals surface area contributed by atoms with Crippen LogP contribution in [0.1, 0.15) is 19.4 Å². The van der Waals surface area contributed by atoms with Crippen LogP contribution in [0.4, 0.5) is 5.69 Å². The van der Waals surface area contributed by atoms with Gasteiger partial charge in [-0.1, -0.05) is 12.1 Å². The van der Waals surface area contributed by atoms with Gasteiger partial charge in [0.15, 0.2) is 0 Å². The third kappa shape index (κ3) is 4.41. The molecule has 0 aliphatic heterocycles. The van der Waals surface area contributed by atoms with Crippen molar-refractivity contribution < 1.29 is 4.74 Å². The highest BCUT2D eigenvalue weighted by Crippen LogP contribution is 2.13. The van der Waals surface area contributed by atoms with Crippen molar-refractivity contribution in [3.05, 3.63) is 48.3 Å². The molecule has 2 rings (SSSR count). The van der Waals surface area contributed by atoms with Crippen LogP contribution in [0.3, 0.4) is 0 Å². The monoisotopic (exact) mass is 259 g/mol. The van der Waals surface area contributed by atoms with Gasteiger partial charge in [0.2, 0.25) is 0 Å². The minimum absolute atomic E-state index is 0.305. The van der Waals surface area contributed by atoms with Crippen molar-refractivity contribution >= 4 is 5.69 Å². The van der Waals surface area contributed by atoms with Crippen LogP contribution >= 0.6 is 0 Å². The highest BCUT2D eigenvalue weighted by molar-refractivity contribution is 5.46. The van der Waals surface area contributed by atoms with Gasteiger partial charge in [-0.2, -0.15) is 5.10 Å². The molecule has 2 aromatic rings. The van der Waals surface area contributed by atoms with Crippen LogP contribution in [0, 0.1) is 0 Å². The summed E-state index contributed by atoms with van der Waals surface area (Å²) >= 11 is 0. The molecule has 0 aliphatic carbocycles. The van der Waals surface area contributed by atoms with Gasteiger partial charge >= 0.3 is 0 Å². The molecule has 19 heavy (non-hydrogen) atoms. The molecule has 102 valence electrons. The fraction of sp³-hybridized carbons (Fsp3) is 0.400. The normalized spacial score (nSPS) is 12.3. The number of nitrogens with zero attached hydrogens (tertiary/aromatic N) is 2. The average molecular weight is 259 g/mol. The Morgan fingerprint density at radius 1 is 1.37 bits per heavy atom. The highest BCUT2D eigenvalue weighted by Gasteiger charge is 2.03. The number of anilines is 1. The molecule has 1 heterocycles. The minimum atomic E-state index is 0.305. The summed E-state index contributed by atoms with van der Waals surface area (Å²) in [6.07, 6.45) is 3.77. The van der Waals surface area contributed by atoms with Crippen LogP contribution in [-0.4, -0.2) is 29.0 Å². The van der Waals surface area contributed by atoms with Gasteiger partial charge in [0.25, 0.3) is 0 Å². The number of rotatable bonds is 7. The first-order valence-corrected chi connectivity index (χ1v) is 6.68. The van der Waals surface area contributed by atoms with E-state index in [9.17, 15) is 0 Å². The maximum Gasteiger partial charge on any atom is 0.0664 e. The number of hydrogen-bond acceptors (Lipinski definition) is 3. The van der Waals surface area contributed by atoms with Gasteiger partial charge in [-0.05, 0) is 37.6 Å². The minimum Gasteiger partial charge on any atom is -0.380 e. The lowest BCUT2D eigenvalue weighted by molar-refractivity contribution is 0.141. The quantitative estimate of drug-likeness (QED) is 0.831. The Hall–Kier alpha value is -1.81. The average Bonchev–Trinajstić information content (AvgIpc) is 2.89. The fourth-order valence-electron chi connectivity index (χ4n) is 1.96. The molecule has 4 nitrogen and oxygen atoms in total. The number of ether oxygens (including phenoxy) is 1. The lowest BCUT2D eigenvalue weighted by atomic mass is 10.2. The van der Waals surface area contributed by atoms with E-state index in [1.807, 2.05) is 23.9 Å². The van der Waals surface area contributed by atoms with E-state index >= 15 is 0 Å². The van der Waals surface area contributed by atoms with Gasteiger partial charge in [-0.3, -0.25) is 4.68 Å². The molecular formula is C15H21N3O. The maximum absolute atomic E-state index is 5.41. The topological polar surface area (TPSA) is 39.1 Å². The number of nitrogens with one attached hydrogen (secondary N) is 1. The van der Waals surface area contributed by atoms with Crippen molar-refractivity contribution in [2.45, 2.75) is 26.4 Å². The largest absolute Gasteiger partial charge is 0.380 e. The standard InChI is InChI=1S/C15H21N3O/c1-3-19-12-13(2)17-15-7-4-6-14(10-15)11-18-9-5-8-16-18/h4-10,13,17H,3,11-12H2,1-2H3. The molecule has 1 unspecified atom stereocenters. The Morgan fingerprint density at radius 3 is 3.00 bits per heavy atom. The Bertz CT molecular complexity index is 482. The van der Waals surface area contributed by atoms with Gasteiger partial charge in [0.1, 0.15) is 0 Å². The van der Waals surface area contributed by atoms with Crippen LogP contribution in [0.5, 0.6) is 0 Å². The molecule has 1 atom stereocenters. The molecule has 1 aromatic heterocycles. The van der Waals surface area contributed by atoms with Crippen LogP contribution in [0.25, 0.3) is 0 Å². The van der Waals surface area contributed by atoms with Crippen LogP contribution in [0.15, 0.2) is 42.7 Å².